The molecule has 0 saturated heterocycles. The van der Waals surface area contributed by atoms with Crippen LogP contribution in [0.25, 0.3) is 6.08 Å². The largest absolute Gasteiger partial charge is 0.272 e. The molecule has 5 heteroatoms. The minimum Gasteiger partial charge on any atom is -0.272 e. The first kappa shape index (κ1) is 19.4. The van der Waals surface area contributed by atoms with Crippen molar-refractivity contribution in [2.75, 3.05) is 0 Å². The average Bonchev–Trinajstić information content (AvgIpc) is 2.73. The van der Waals surface area contributed by atoms with E-state index in [0.717, 1.165) is 16.7 Å². The molecule has 0 unspecified atom stereocenters. The van der Waals surface area contributed by atoms with Crippen LogP contribution < -0.4 is 10.9 Å². The third-order valence-electron chi connectivity index (χ3n) is 4.13. The minimum atomic E-state index is -0.525. The summed E-state index contributed by atoms with van der Waals surface area (Å²) in [6, 6.07) is 25.9. The molecule has 0 heterocycles. The van der Waals surface area contributed by atoms with Crippen LogP contribution in [0.5, 0.6) is 0 Å². The van der Waals surface area contributed by atoms with Crippen LogP contribution in [-0.2, 0) is 9.59 Å². The summed E-state index contributed by atoms with van der Waals surface area (Å²) in [6.07, 6.45) is 2.99. The second-order valence-corrected chi connectivity index (χ2v) is 6.55. The van der Waals surface area contributed by atoms with Crippen molar-refractivity contribution in [1.82, 2.24) is 10.9 Å². The smallest absolute Gasteiger partial charge is 0.262 e. The van der Waals surface area contributed by atoms with Gasteiger partial charge >= 0.3 is 0 Å². The summed E-state index contributed by atoms with van der Waals surface area (Å²) in [7, 11) is 0. The zero-order valence-electron chi connectivity index (χ0n) is 15.0. The van der Waals surface area contributed by atoms with Gasteiger partial charge in [-0.1, -0.05) is 84.4 Å². The van der Waals surface area contributed by atoms with Gasteiger partial charge in [0.15, 0.2) is 0 Å². The minimum absolute atomic E-state index is 0.314. The van der Waals surface area contributed by atoms with E-state index in [1.807, 2.05) is 60.7 Å². The van der Waals surface area contributed by atoms with Gasteiger partial charge in [0.05, 0.1) is 5.92 Å². The van der Waals surface area contributed by atoms with E-state index in [-0.39, 0.29) is 5.91 Å². The fraction of sp³-hybridized carbons (Fsp3) is 0.0435. The number of carbonyl (C=O) groups excluding carboxylic acids is 2. The second-order valence-electron chi connectivity index (χ2n) is 6.12. The lowest BCUT2D eigenvalue weighted by atomic mass is 9.91. The molecule has 0 fully saturated rings. The number of carbonyl (C=O) groups is 2. The molecule has 4 nitrogen and oxygen atoms in total. The van der Waals surface area contributed by atoms with Gasteiger partial charge in [-0.25, -0.2) is 0 Å². The fourth-order valence-corrected chi connectivity index (χ4v) is 2.90. The van der Waals surface area contributed by atoms with Crippen molar-refractivity contribution in [1.29, 1.82) is 0 Å². The van der Waals surface area contributed by atoms with Gasteiger partial charge in [-0.15, -0.1) is 0 Å². The zero-order chi connectivity index (χ0) is 19.8. The number of nitrogens with one attached hydrogen (secondary N) is 2. The number of hydrogen-bond donors (Lipinski definition) is 2. The maximum absolute atomic E-state index is 12.8. The van der Waals surface area contributed by atoms with Crippen LogP contribution in [0.2, 0.25) is 5.02 Å². The lowest BCUT2D eigenvalue weighted by molar-refractivity contribution is -0.127. The van der Waals surface area contributed by atoms with E-state index in [2.05, 4.69) is 10.9 Å². The molecule has 0 radical (unpaired) electrons. The Balaban J connectivity index is 1.67. The molecule has 0 aliphatic heterocycles. The molecule has 3 aromatic rings. The molecule has 2 amide bonds. The lowest BCUT2D eigenvalue weighted by Crippen LogP contribution is -2.43. The van der Waals surface area contributed by atoms with Crippen LogP contribution in [0.4, 0.5) is 0 Å². The molecule has 0 bridgehead atoms. The molecular weight excluding hydrogens is 372 g/mol. The highest BCUT2D eigenvalue weighted by Crippen LogP contribution is 2.24. The van der Waals surface area contributed by atoms with E-state index < -0.39 is 11.8 Å². The second kappa shape index (κ2) is 9.53. The maximum Gasteiger partial charge on any atom is 0.262 e. The highest BCUT2D eigenvalue weighted by molar-refractivity contribution is 6.30. The van der Waals surface area contributed by atoms with Crippen molar-refractivity contribution < 1.29 is 9.59 Å². The van der Waals surface area contributed by atoms with E-state index in [0.29, 0.717) is 5.02 Å². The first-order valence-electron chi connectivity index (χ1n) is 8.77. The molecular formula is C23H19ClN2O2. The summed E-state index contributed by atoms with van der Waals surface area (Å²) in [5.41, 5.74) is 7.47. The summed E-state index contributed by atoms with van der Waals surface area (Å²) in [4.78, 5) is 24.8. The zero-order valence-corrected chi connectivity index (χ0v) is 15.8. The highest BCUT2D eigenvalue weighted by Gasteiger charge is 2.22. The van der Waals surface area contributed by atoms with Crippen LogP contribution >= 0.6 is 11.6 Å². The number of hydrazine groups is 1. The lowest BCUT2D eigenvalue weighted by Gasteiger charge is -2.17. The maximum atomic E-state index is 12.8. The Morgan fingerprint density at radius 2 is 1.29 bits per heavy atom. The van der Waals surface area contributed by atoms with E-state index >= 15 is 0 Å². The molecule has 0 saturated carbocycles. The molecule has 0 aromatic heterocycles. The summed E-state index contributed by atoms with van der Waals surface area (Å²) in [6.45, 7) is 0. The van der Waals surface area contributed by atoms with Gasteiger partial charge < -0.3 is 0 Å². The van der Waals surface area contributed by atoms with Crippen LogP contribution in [0.15, 0.2) is 91.0 Å². The predicted molar refractivity (Wildman–Crippen MR) is 111 cm³/mol. The molecule has 0 atom stereocenters. The first-order chi connectivity index (χ1) is 13.6. The van der Waals surface area contributed by atoms with Crippen molar-refractivity contribution in [2.45, 2.75) is 5.92 Å². The van der Waals surface area contributed by atoms with Crippen molar-refractivity contribution in [3.05, 3.63) is 113 Å². The van der Waals surface area contributed by atoms with Gasteiger partial charge in [0.25, 0.3) is 5.91 Å². The van der Waals surface area contributed by atoms with Crippen molar-refractivity contribution in [2.24, 2.45) is 0 Å². The fourth-order valence-electron chi connectivity index (χ4n) is 2.77. The first-order valence-corrected chi connectivity index (χ1v) is 9.14. The van der Waals surface area contributed by atoms with Crippen molar-refractivity contribution >= 4 is 29.5 Å². The molecule has 2 N–H and O–H groups in total. The number of amides is 2. The van der Waals surface area contributed by atoms with Gasteiger partial charge in [-0.05, 0) is 34.9 Å². The highest BCUT2D eigenvalue weighted by atomic mass is 35.5. The van der Waals surface area contributed by atoms with Gasteiger partial charge in [-0.2, -0.15) is 0 Å². The summed E-state index contributed by atoms with van der Waals surface area (Å²) < 4.78 is 0. The molecule has 0 aliphatic carbocycles. The SMILES string of the molecule is O=C(/C=C/c1ccc(Cl)cc1)NNC(=O)C(c1ccccc1)c1ccccc1. The topological polar surface area (TPSA) is 58.2 Å². The summed E-state index contributed by atoms with van der Waals surface area (Å²) in [5, 5.41) is 0.627. The number of halogens is 1. The van der Waals surface area contributed by atoms with E-state index in [9.17, 15) is 9.59 Å². The van der Waals surface area contributed by atoms with Gasteiger partial charge in [0, 0.05) is 11.1 Å². The molecule has 3 aromatic carbocycles. The van der Waals surface area contributed by atoms with Gasteiger partial charge in [0.2, 0.25) is 5.91 Å². The van der Waals surface area contributed by atoms with E-state index in [4.69, 9.17) is 11.6 Å². The number of hydrogen-bond acceptors (Lipinski definition) is 2. The Morgan fingerprint density at radius 1 is 0.750 bits per heavy atom. The van der Waals surface area contributed by atoms with Crippen LogP contribution in [0, 0.1) is 0 Å². The molecule has 3 rings (SSSR count). The Labute approximate surface area is 168 Å². The Morgan fingerprint density at radius 3 is 1.82 bits per heavy atom. The number of benzene rings is 3. The summed E-state index contributed by atoms with van der Waals surface area (Å²) in [5.74, 6) is -1.27. The normalized spacial score (nSPS) is 10.8. The number of rotatable bonds is 5. The Kier molecular flexibility index (Phi) is 6.60. The Hall–Kier alpha value is -3.37. The molecule has 0 spiro atoms. The molecule has 140 valence electrons. The van der Waals surface area contributed by atoms with E-state index in [1.165, 1.54) is 6.08 Å². The van der Waals surface area contributed by atoms with Crippen molar-refractivity contribution in [3.63, 3.8) is 0 Å². The van der Waals surface area contributed by atoms with Gasteiger partial charge in [0.1, 0.15) is 0 Å². The monoisotopic (exact) mass is 390 g/mol. The van der Waals surface area contributed by atoms with Crippen LogP contribution in [-0.4, -0.2) is 11.8 Å². The third kappa shape index (κ3) is 5.32. The van der Waals surface area contributed by atoms with Crippen molar-refractivity contribution in [3.8, 4) is 0 Å². The van der Waals surface area contributed by atoms with Crippen LogP contribution in [0.1, 0.15) is 22.6 Å². The van der Waals surface area contributed by atoms with E-state index in [1.54, 1.807) is 30.3 Å². The summed E-state index contributed by atoms with van der Waals surface area (Å²) >= 11 is 5.84. The molecule has 28 heavy (non-hydrogen) atoms. The predicted octanol–water partition coefficient (Wildman–Crippen LogP) is 4.33. The quantitative estimate of drug-likeness (QED) is 0.503. The average molecular weight is 391 g/mol. The Bertz CT molecular complexity index is 915. The third-order valence-corrected chi connectivity index (χ3v) is 4.39. The van der Waals surface area contributed by atoms with Crippen LogP contribution in [0.3, 0.4) is 0 Å². The molecule has 0 aliphatic rings. The van der Waals surface area contributed by atoms with Gasteiger partial charge in [-0.3, -0.25) is 20.4 Å². The standard InChI is InChI=1S/C23H19ClN2O2/c24-20-14-11-17(12-15-20)13-16-21(27)25-26-23(28)22(18-7-3-1-4-8-18)19-9-5-2-6-10-19/h1-16,22H,(H,25,27)(H,26,28)/b16-13+.